The van der Waals surface area contributed by atoms with Crippen molar-refractivity contribution < 1.29 is 14.3 Å². The molecule has 20 heavy (non-hydrogen) atoms. The normalized spacial score (nSPS) is 12.4. The summed E-state index contributed by atoms with van der Waals surface area (Å²) < 4.78 is 6.55. The topological polar surface area (TPSA) is 99.2 Å². The third kappa shape index (κ3) is 3.80. The molecule has 0 spiro atoms. The Hall–Kier alpha value is -1.89. The third-order valence-electron chi connectivity index (χ3n) is 3.02. The van der Waals surface area contributed by atoms with Gasteiger partial charge in [0.05, 0.1) is 24.5 Å². The number of ether oxygens (including phenoxy) is 1. The second-order valence-electron chi connectivity index (χ2n) is 4.85. The highest BCUT2D eigenvalue weighted by Gasteiger charge is 2.22. The SMILES string of the molecule is CCOC(=O)c1cnn(C)c1CNC(C(N)=O)C(C)C. The van der Waals surface area contributed by atoms with Crippen LogP contribution in [-0.4, -0.2) is 34.3 Å². The fourth-order valence-corrected chi connectivity index (χ4v) is 1.92. The number of nitrogens with zero attached hydrogens (tertiary/aromatic N) is 2. The van der Waals surface area contributed by atoms with Crippen LogP contribution in [0.2, 0.25) is 0 Å². The van der Waals surface area contributed by atoms with Gasteiger partial charge in [-0.2, -0.15) is 5.10 Å². The van der Waals surface area contributed by atoms with E-state index >= 15 is 0 Å². The molecule has 3 N–H and O–H groups in total. The zero-order valence-electron chi connectivity index (χ0n) is 12.3. The average molecular weight is 282 g/mol. The summed E-state index contributed by atoms with van der Waals surface area (Å²) >= 11 is 0. The van der Waals surface area contributed by atoms with Crippen LogP contribution in [0.3, 0.4) is 0 Å². The summed E-state index contributed by atoms with van der Waals surface area (Å²) in [6, 6.07) is -0.458. The van der Waals surface area contributed by atoms with Crippen LogP contribution in [-0.2, 0) is 23.1 Å². The quantitative estimate of drug-likeness (QED) is 0.696. The predicted molar refractivity (Wildman–Crippen MR) is 73.8 cm³/mol. The molecule has 112 valence electrons. The molecule has 1 amide bonds. The predicted octanol–water partition coefficient (Wildman–Crippen LogP) is 0.196. The smallest absolute Gasteiger partial charge is 0.341 e. The second kappa shape index (κ2) is 7.04. The first-order valence-electron chi connectivity index (χ1n) is 6.59. The molecule has 0 aliphatic heterocycles. The number of hydrogen-bond donors (Lipinski definition) is 2. The van der Waals surface area contributed by atoms with Crippen molar-refractivity contribution >= 4 is 11.9 Å². The lowest BCUT2D eigenvalue weighted by Crippen LogP contribution is -2.45. The van der Waals surface area contributed by atoms with Gasteiger partial charge in [-0.25, -0.2) is 4.79 Å². The van der Waals surface area contributed by atoms with Gasteiger partial charge in [0, 0.05) is 13.6 Å². The highest BCUT2D eigenvalue weighted by molar-refractivity contribution is 5.90. The van der Waals surface area contributed by atoms with Crippen LogP contribution < -0.4 is 11.1 Å². The molecule has 0 saturated heterocycles. The number of nitrogens with two attached hydrogens (primary N) is 1. The third-order valence-corrected chi connectivity index (χ3v) is 3.02. The molecule has 0 bridgehead atoms. The summed E-state index contributed by atoms with van der Waals surface area (Å²) in [5.74, 6) is -0.774. The molecular weight excluding hydrogens is 260 g/mol. The van der Waals surface area contributed by atoms with Crippen molar-refractivity contribution in [1.29, 1.82) is 0 Å². The average Bonchev–Trinajstić information content (AvgIpc) is 2.71. The minimum atomic E-state index is -0.458. The summed E-state index contributed by atoms with van der Waals surface area (Å²) in [4.78, 5) is 23.1. The summed E-state index contributed by atoms with van der Waals surface area (Å²) in [6.07, 6.45) is 1.46. The van der Waals surface area contributed by atoms with Crippen molar-refractivity contribution in [3.63, 3.8) is 0 Å². The molecule has 7 nitrogen and oxygen atoms in total. The maximum atomic E-state index is 11.8. The molecule has 1 rings (SSSR count). The standard InChI is InChI=1S/C13H22N4O3/c1-5-20-13(19)9-6-16-17(4)10(9)7-15-11(8(2)3)12(14)18/h6,8,11,15H,5,7H2,1-4H3,(H2,14,18). The van der Waals surface area contributed by atoms with E-state index < -0.39 is 17.9 Å². The first kappa shape index (κ1) is 16.2. The van der Waals surface area contributed by atoms with Crippen molar-refractivity contribution in [2.45, 2.75) is 33.4 Å². The van der Waals surface area contributed by atoms with Gasteiger partial charge in [0.1, 0.15) is 5.56 Å². The second-order valence-corrected chi connectivity index (χ2v) is 4.85. The summed E-state index contributed by atoms with van der Waals surface area (Å²) in [6.45, 7) is 6.16. The Bertz CT molecular complexity index is 482. The van der Waals surface area contributed by atoms with Gasteiger partial charge in [0.2, 0.25) is 5.91 Å². The van der Waals surface area contributed by atoms with Crippen molar-refractivity contribution in [1.82, 2.24) is 15.1 Å². The van der Waals surface area contributed by atoms with Crippen LogP contribution in [0.4, 0.5) is 0 Å². The number of primary amides is 1. The number of hydrogen-bond acceptors (Lipinski definition) is 5. The number of rotatable bonds is 7. The molecule has 0 fully saturated rings. The highest BCUT2D eigenvalue weighted by atomic mass is 16.5. The van der Waals surface area contributed by atoms with Crippen molar-refractivity contribution in [3.05, 3.63) is 17.5 Å². The summed E-state index contributed by atoms with van der Waals surface area (Å²) in [7, 11) is 1.73. The molecule has 7 heteroatoms. The Morgan fingerprint density at radius 1 is 1.50 bits per heavy atom. The van der Waals surface area contributed by atoms with Gasteiger partial charge >= 0.3 is 5.97 Å². The van der Waals surface area contributed by atoms with E-state index in [4.69, 9.17) is 10.5 Å². The molecule has 0 aliphatic rings. The van der Waals surface area contributed by atoms with Crippen LogP contribution in [0, 0.1) is 5.92 Å². The van der Waals surface area contributed by atoms with Gasteiger partial charge in [0.25, 0.3) is 0 Å². The lowest BCUT2D eigenvalue weighted by molar-refractivity contribution is -0.121. The maximum Gasteiger partial charge on any atom is 0.341 e. The summed E-state index contributed by atoms with van der Waals surface area (Å²) in [5.41, 5.74) is 6.40. The number of nitrogens with one attached hydrogen (secondary N) is 1. The van der Waals surface area contributed by atoms with Gasteiger partial charge in [0.15, 0.2) is 0 Å². The molecule has 0 aliphatic carbocycles. The van der Waals surface area contributed by atoms with Gasteiger partial charge in [-0.05, 0) is 12.8 Å². The van der Waals surface area contributed by atoms with Gasteiger partial charge in [-0.15, -0.1) is 0 Å². The molecule has 0 saturated carbocycles. The van der Waals surface area contributed by atoms with Crippen LogP contribution in [0.5, 0.6) is 0 Å². The lowest BCUT2D eigenvalue weighted by atomic mass is 10.0. The molecule has 1 heterocycles. The number of aromatic nitrogens is 2. The number of aryl methyl sites for hydroxylation is 1. The lowest BCUT2D eigenvalue weighted by Gasteiger charge is -2.19. The monoisotopic (exact) mass is 282 g/mol. The highest BCUT2D eigenvalue weighted by Crippen LogP contribution is 2.11. The van der Waals surface area contributed by atoms with Crippen molar-refractivity contribution in [2.24, 2.45) is 18.7 Å². The summed E-state index contributed by atoms with van der Waals surface area (Å²) in [5, 5.41) is 7.10. The largest absolute Gasteiger partial charge is 0.462 e. The number of esters is 1. The zero-order chi connectivity index (χ0) is 15.3. The fraction of sp³-hybridized carbons (Fsp3) is 0.615. The van der Waals surface area contributed by atoms with E-state index in [1.54, 1.807) is 18.7 Å². The Morgan fingerprint density at radius 2 is 2.15 bits per heavy atom. The van der Waals surface area contributed by atoms with Crippen molar-refractivity contribution in [2.75, 3.05) is 6.61 Å². The van der Waals surface area contributed by atoms with Crippen LogP contribution in [0.15, 0.2) is 6.20 Å². The van der Waals surface area contributed by atoms with Gasteiger partial charge < -0.3 is 10.5 Å². The Balaban J connectivity index is 2.84. The van der Waals surface area contributed by atoms with Crippen LogP contribution in [0.25, 0.3) is 0 Å². The first-order chi connectivity index (χ1) is 9.38. The van der Waals surface area contributed by atoms with E-state index in [0.717, 1.165) is 0 Å². The van der Waals surface area contributed by atoms with E-state index in [9.17, 15) is 9.59 Å². The Kier molecular flexibility index (Phi) is 5.69. The minimum Gasteiger partial charge on any atom is -0.462 e. The number of carbonyl (C=O) groups is 2. The molecule has 0 radical (unpaired) electrons. The molecule has 1 aromatic heterocycles. The number of amides is 1. The number of carbonyl (C=O) groups excluding carboxylic acids is 2. The van der Waals surface area contributed by atoms with E-state index in [1.807, 2.05) is 13.8 Å². The molecule has 1 atom stereocenters. The molecule has 1 aromatic rings. The van der Waals surface area contributed by atoms with Gasteiger partial charge in [-0.1, -0.05) is 13.8 Å². The molecule has 1 unspecified atom stereocenters. The maximum absolute atomic E-state index is 11.8. The first-order valence-corrected chi connectivity index (χ1v) is 6.59. The van der Waals surface area contributed by atoms with E-state index in [2.05, 4.69) is 10.4 Å². The van der Waals surface area contributed by atoms with E-state index in [-0.39, 0.29) is 5.92 Å². The van der Waals surface area contributed by atoms with Crippen LogP contribution in [0.1, 0.15) is 36.8 Å². The van der Waals surface area contributed by atoms with E-state index in [1.165, 1.54) is 6.20 Å². The van der Waals surface area contributed by atoms with Crippen LogP contribution >= 0.6 is 0 Å². The molecule has 0 aromatic carbocycles. The van der Waals surface area contributed by atoms with Crippen molar-refractivity contribution in [3.8, 4) is 0 Å². The zero-order valence-corrected chi connectivity index (χ0v) is 12.3. The van der Waals surface area contributed by atoms with Gasteiger partial charge in [-0.3, -0.25) is 14.8 Å². The molecular formula is C13H22N4O3. The van der Waals surface area contributed by atoms with E-state index in [0.29, 0.717) is 24.4 Å². The Morgan fingerprint density at radius 3 is 2.65 bits per heavy atom. The fourth-order valence-electron chi connectivity index (χ4n) is 1.92. The Labute approximate surface area is 118 Å². The minimum absolute atomic E-state index is 0.0618.